The van der Waals surface area contributed by atoms with E-state index in [9.17, 15) is 4.79 Å². The summed E-state index contributed by atoms with van der Waals surface area (Å²) in [6, 6.07) is 6.50. The normalized spacial score (nSPS) is 10.6. The summed E-state index contributed by atoms with van der Waals surface area (Å²) in [5.41, 5.74) is 0.644. The summed E-state index contributed by atoms with van der Waals surface area (Å²) in [6.45, 7) is 0. The molecule has 1 amide bonds. The number of aromatic nitrogens is 5. The Bertz CT molecular complexity index is 1150. The highest BCUT2D eigenvalue weighted by Crippen LogP contribution is 2.25. The van der Waals surface area contributed by atoms with E-state index >= 15 is 0 Å². The number of hydrogen-bond acceptors (Lipinski definition) is 7. The van der Waals surface area contributed by atoms with Crippen molar-refractivity contribution in [2.75, 3.05) is 12.4 Å². The molecule has 1 N–H and O–H groups in total. The molecule has 4 aromatic heterocycles. The molecule has 0 unspecified atom stereocenters. The van der Waals surface area contributed by atoms with Gasteiger partial charge in [0.05, 0.1) is 36.3 Å². The molecule has 0 saturated carbocycles. The third kappa shape index (κ3) is 3.69. The molecular weight excluding hydrogens is 384 g/mol. The maximum absolute atomic E-state index is 12.8. The monoisotopic (exact) mass is 396 g/mol. The molecule has 0 aliphatic carbocycles. The second-order valence-corrected chi connectivity index (χ2v) is 6.03. The minimum Gasteiger partial charge on any atom is -0.495 e. The van der Waals surface area contributed by atoms with Crippen LogP contribution in [-0.4, -0.2) is 37.6 Å². The second-order valence-electron chi connectivity index (χ2n) is 5.60. The average molecular weight is 397 g/mol. The van der Waals surface area contributed by atoms with E-state index in [0.29, 0.717) is 33.7 Å². The van der Waals surface area contributed by atoms with Gasteiger partial charge in [0.1, 0.15) is 29.4 Å². The Morgan fingerprint density at radius 3 is 2.75 bits per heavy atom. The van der Waals surface area contributed by atoms with E-state index in [4.69, 9.17) is 21.1 Å². The molecule has 4 rings (SSSR count). The maximum Gasteiger partial charge on any atom is 0.260 e. The van der Waals surface area contributed by atoms with Crippen molar-refractivity contribution in [2.45, 2.75) is 0 Å². The molecule has 140 valence electrons. The summed E-state index contributed by atoms with van der Waals surface area (Å²) in [5, 5.41) is 7.23. The van der Waals surface area contributed by atoms with Crippen molar-refractivity contribution in [3.8, 4) is 17.2 Å². The molecule has 0 aromatic carbocycles. The lowest BCUT2D eigenvalue weighted by molar-refractivity contribution is 0.102. The van der Waals surface area contributed by atoms with Gasteiger partial charge in [-0.25, -0.2) is 14.5 Å². The smallest absolute Gasteiger partial charge is 0.260 e. The van der Waals surface area contributed by atoms with Crippen LogP contribution in [0.4, 0.5) is 5.82 Å². The van der Waals surface area contributed by atoms with Crippen LogP contribution in [0.15, 0.2) is 55.4 Å². The Balaban J connectivity index is 1.65. The first-order chi connectivity index (χ1) is 13.6. The molecule has 4 heterocycles. The molecule has 0 aliphatic heterocycles. The summed E-state index contributed by atoms with van der Waals surface area (Å²) in [5.74, 6) is 1.34. The fraction of sp³-hybridized carbons (Fsp3) is 0.0556. The molecule has 10 heteroatoms. The molecule has 0 saturated heterocycles. The van der Waals surface area contributed by atoms with Gasteiger partial charge in [-0.1, -0.05) is 11.6 Å². The van der Waals surface area contributed by atoms with Crippen LogP contribution in [0, 0.1) is 0 Å². The first-order valence-corrected chi connectivity index (χ1v) is 8.43. The average Bonchev–Trinajstić information content (AvgIpc) is 3.16. The van der Waals surface area contributed by atoms with Crippen LogP contribution in [0.25, 0.3) is 5.65 Å². The van der Waals surface area contributed by atoms with E-state index in [-0.39, 0.29) is 5.56 Å². The van der Waals surface area contributed by atoms with Gasteiger partial charge in [-0.15, -0.1) is 0 Å². The van der Waals surface area contributed by atoms with Gasteiger partial charge in [-0.05, 0) is 18.2 Å². The molecule has 9 nitrogen and oxygen atoms in total. The SMILES string of the molecule is COc1ccc(NC(=O)c2cc(Oc3cncc(Cl)c3)cn3ncnc23)nc1. The lowest BCUT2D eigenvalue weighted by Crippen LogP contribution is -2.14. The standard InChI is InChI=1S/C18H13ClN6O3/c1-27-12-2-3-16(21-8-12)24-18(26)15-5-14(9-25-17(15)22-10-23-25)28-13-4-11(19)6-20-7-13/h2-10H,1H3,(H,21,24,26). The van der Waals surface area contributed by atoms with Gasteiger partial charge in [0, 0.05) is 12.3 Å². The highest BCUT2D eigenvalue weighted by Gasteiger charge is 2.16. The van der Waals surface area contributed by atoms with Gasteiger partial charge in [-0.2, -0.15) is 5.10 Å². The fourth-order valence-electron chi connectivity index (χ4n) is 2.47. The molecule has 0 atom stereocenters. The number of halogens is 1. The number of amides is 1. The lowest BCUT2D eigenvalue weighted by atomic mass is 10.2. The highest BCUT2D eigenvalue weighted by molar-refractivity contribution is 6.30. The van der Waals surface area contributed by atoms with E-state index in [0.717, 1.165) is 0 Å². The quantitative estimate of drug-likeness (QED) is 0.552. The molecular formula is C18H13ClN6O3. The highest BCUT2D eigenvalue weighted by atomic mass is 35.5. The molecule has 4 aromatic rings. The second kappa shape index (κ2) is 7.49. The number of nitrogens with one attached hydrogen (secondary N) is 1. The summed E-state index contributed by atoms with van der Waals surface area (Å²) >= 11 is 5.93. The van der Waals surface area contributed by atoms with Crippen LogP contribution >= 0.6 is 11.6 Å². The fourth-order valence-corrected chi connectivity index (χ4v) is 2.63. The predicted octanol–water partition coefficient (Wildman–Crippen LogP) is 3.23. The number of methoxy groups -OCH3 is 1. The van der Waals surface area contributed by atoms with Crippen LogP contribution in [0.3, 0.4) is 0 Å². The Morgan fingerprint density at radius 1 is 1.11 bits per heavy atom. The number of nitrogens with zero attached hydrogens (tertiary/aromatic N) is 5. The summed E-state index contributed by atoms with van der Waals surface area (Å²) in [4.78, 5) is 25.0. The van der Waals surface area contributed by atoms with Crippen molar-refractivity contribution in [3.05, 3.63) is 66.0 Å². The minimum absolute atomic E-state index is 0.266. The topological polar surface area (TPSA) is 104 Å². The van der Waals surface area contributed by atoms with Gasteiger partial charge < -0.3 is 14.8 Å². The molecule has 0 aliphatic rings. The first-order valence-electron chi connectivity index (χ1n) is 8.05. The zero-order valence-electron chi connectivity index (χ0n) is 14.5. The number of carbonyl (C=O) groups excluding carboxylic acids is 1. The molecule has 0 radical (unpaired) electrons. The maximum atomic E-state index is 12.8. The Labute approximate surface area is 163 Å². The third-order valence-electron chi connectivity index (χ3n) is 3.72. The summed E-state index contributed by atoms with van der Waals surface area (Å²) < 4.78 is 12.3. The molecule has 0 bridgehead atoms. The number of carbonyl (C=O) groups is 1. The number of pyridine rings is 3. The van der Waals surface area contributed by atoms with Gasteiger partial charge in [0.25, 0.3) is 5.91 Å². The van der Waals surface area contributed by atoms with Gasteiger partial charge in [-0.3, -0.25) is 9.78 Å². The first kappa shape index (κ1) is 17.7. The number of ether oxygens (including phenoxy) is 2. The zero-order chi connectivity index (χ0) is 19.5. The van der Waals surface area contributed by atoms with Crippen LogP contribution < -0.4 is 14.8 Å². The molecule has 0 fully saturated rings. The van der Waals surface area contributed by atoms with E-state index in [1.54, 1.807) is 30.5 Å². The van der Waals surface area contributed by atoms with Gasteiger partial charge in [0.2, 0.25) is 0 Å². The number of hydrogen-bond donors (Lipinski definition) is 1. The van der Waals surface area contributed by atoms with Gasteiger partial charge >= 0.3 is 0 Å². The van der Waals surface area contributed by atoms with Crippen molar-refractivity contribution >= 4 is 29.0 Å². The largest absolute Gasteiger partial charge is 0.495 e. The summed E-state index contributed by atoms with van der Waals surface area (Å²) in [7, 11) is 1.54. The third-order valence-corrected chi connectivity index (χ3v) is 3.93. The summed E-state index contributed by atoms with van der Waals surface area (Å²) in [6.07, 6.45) is 7.47. The number of fused-ring (bicyclic) bond motifs is 1. The van der Waals surface area contributed by atoms with Crippen LogP contribution in [0.2, 0.25) is 5.02 Å². The molecule has 0 spiro atoms. The van der Waals surface area contributed by atoms with Crippen molar-refractivity contribution in [1.29, 1.82) is 0 Å². The number of anilines is 1. The van der Waals surface area contributed by atoms with Crippen molar-refractivity contribution in [2.24, 2.45) is 0 Å². The Kier molecular flexibility index (Phi) is 4.73. The van der Waals surface area contributed by atoms with Crippen molar-refractivity contribution in [1.82, 2.24) is 24.6 Å². The predicted molar refractivity (Wildman–Crippen MR) is 101 cm³/mol. The van der Waals surface area contributed by atoms with Crippen LogP contribution in [0.1, 0.15) is 10.4 Å². The van der Waals surface area contributed by atoms with E-state index in [2.05, 4.69) is 25.4 Å². The van der Waals surface area contributed by atoms with E-state index in [1.165, 1.54) is 36.5 Å². The number of rotatable bonds is 5. The van der Waals surface area contributed by atoms with Crippen molar-refractivity contribution in [3.63, 3.8) is 0 Å². The van der Waals surface area contributed by atoms with Crippen LogP contribution in [-0.2, 0) is 0 Å². The van der Waals surface area contributed by atoms with E-state index in [1.807, 2.05) is 0 Å². The Hall–Kier alpha value is -3.72. The lowest BCUT2D eigenvalue weighted by Gasteiger charge is -2.10. The van der Waals surface area contributed by atoms with E-state index < -0.39 is 5.91 Å². The van der Waals surface area contributed by atoms with Crippen LogP contribution in [0.5, 0.6) is 17.2 Å². The Morgan fingerprint density at radius 2 is 2.00 bits per heavy atom. The minimum atomic E-state index is -0.412. The zero-order valence-corrected chi connectivity index (χ0v) is 15.3. The van der Waals surface area contributed by atoms with Gasteiger partial charge in [0.15, 0.2) is 5.65 Å². The van der Waals surface area contributed by atoms with Crippen molar-refractivity contribution < 1.29 is 14.3 Å². The molecule has 28 heavy (non-hydrogen) atoms.